The number of nitrogens with zero attached hydrogens (tertiary/aromatic N) is 5. The third-order valence-corrected chi connectivity index (χ3v) is 5.29. The Labute approximate surface area is 171 Å². The summed E-state index contributed by atoms with van der Waals surface area (Å²) in [5.74, 6) is 2.57. The number of rotatable bonds is 5. The van der Waals surface area contributed by atoms with Gasteiger partial charge in [0.1, 0.15) is 23.7 Å². The van der Waals surface area contributed by atoms with Gasteiger partial charge in [0, 0.05) is 45.3 Å². The van der Waals surface area contributed by atoms with E-state index in [1.807, 2.05) is 41.3 Å². The maximum absolute atomic E-state index is 12.7. The SMILES string of the molecule is C[C@@H](Oc1ccccc1)C(=O)N1CCN(c2cc(N3CCOCC3)ncn2)CC1. The molecule has 0 radical (unpaired) electrons. The molecule has 0 saturated carbocycles. The first-order chi connectivity index (χ1) is 14.2. The van der Waals surface area contributed by atoms with E-state index in [1.165, 1.54) is 0 Å². The normalized spacial score (nSPS) is 18.4. The lowest BCUT2D eigenvalue weighted by Crippen LogP contribution is -2.52. The van der Waals surface area contributed by atoms with Crippen molar-refractivity contribution in [2.24, 2.45) is 0 Å². The Bertz CT molecular complexity index is 805. The summed E-state index contributed by atoms with van der Waals surface area (Å²) in [6.45, 7) is 7.73. The third-order valence-electron chi connectivity index (χ3n) is 5.29. The lowest BCUT2D eigenvalue weighted by molar-refractivity contribution is -0.138. The highest BCUT2D eigenvalue weighted by atomic mass is 16.5. The van der Waals surface area contributed by atoms with Crippen LogP contribution in [0.3, 0.4) is 0 Å². The van der Waals surface area contributed by atoms with Crippen LogP contribution < -0.4 is 14.5 Å². The number of benzene rings is 1. The van der Waals surface area contributed by atoms with Crippen LogP contribution in [0.1, 0.15) is 6.92 Å². The predicted molar refractivity (Wildman–Crippen MR) is 110 cm³/mol. The molecule has 3 heterocycles. The number of aromatic nitrogens is 2. The number of hydrogen-bond acceptors (Lipinski definition) is 7. The summed E-state index contributed by atoms with van der Waals surface area (Å²) in [4.78, 5) is 27.9. The number of hydrogen-bond donors (Lipinski definition) is 0. The maximum Gasteiger partial charge on any atom is 0.263 e. The Hall–Kier alpha value is -2.87. The van der Waals surface area contributed by atoms with Crippen LogP contribution >= 0.6 is 0 Å². The fourth-order valence-corrected chi connectivity index (χ4v) is 3.64. The Kier molecular flexibility index (Phi) is 6.09. The van der Waals surface area contributed by atoms with Crippen LogP contribution in [0.2, 0.25) is 0 Å². The Morgan fingerprint density at radius 1 is 0.966 bits per heavy atom. The van der Waals surface area contributed by atoms with Crippen molar-refractivity contribution in [2.45, 2.75) is 13.0 Å². The molecular formula is C21H27N5O3. The lowest BCUT2D eigenvalue weighted by atomic mass is 10.2. The average Bonchev–Trinajstić information content (AvgIpc) is 2.80. The van der Waals surface area contributed by atoms with Gasteiger partial charge in [-0.25, -0.2) is 9.97 Å². The molecule has 154 valence electrons. The number of amides is 1. The minimum absolute atomic E-state index is 0.0187. The van der Waals surface area contributed by atoms with Crippen LogP contribution in [0.15, 0.2) is 42.7 Å². The Morgan fingerprint density at radius 2 is 1.59 bits per heavy atom. The molecule has 2 saturated heterocycles. The Morgan fingerprint density at radius 3 is 2.24 bits per heavy atom. The molecule has 0 aliphatic carbocycles. The first-order valence-electron chi connectivity index (χ1n) is 10.1. The van der Waals surface area contributed by atoms with Crippen molar-refractivity contribution in [3.8, 4) is 5.75 Å². The zero-order chi connectivity index (χ0) is 20.1. The number of para-hydroxylation sites is 1. The first kappa shape index (κ1) is 19.4. The summed E-state index contributed by atoms with van der Waals surface area (Å²) in [6, 6.07) is 11.5. The van der Waals surface area contributed by atoms with Gasteiger partial charge in [0.2, 0.25) is 0 Å². The number of morpholine rings is 1. The summed E-state index contributed by atoms with van der Waals surface area (Å²) in [5.41, 5.74) is 0. The molecule has 2 fully saturated rings. The molecule has 2 aromatic rings. The highest BCUT2D eigenvalue weighted by Gasteiger charge is 2.27. The molecular weight excluding hydrogens is 370 g/mol. The van der Waals surface area contributed by atoms with Crippen molar-refractivity contribution < 1.29 is 14.3 Å². The van der Waals surface area contributed by atoms with Gasteiger partial charge in [-0.1, -0.05) is 18.2 Å². The number of carbonyl (C=O) groups excluding carboxylic acids is 1. The zero-order valence-corrected chi connectivity index (χ0v) is 16.7. The second-order valence-corrected chi connectivity index (χ2v) is 7.22. The molecule has 1 atom stereocenters. The van der Waals surface area contributed by atoms with Crippen LogP contribution in [0.25, 0.3) is 0 Å². The van der Waals surface area contributed by atoms with E-state index >= 15 is 0 Å². The fraction of sp³-hybridized carbons (Fsp3) is 0.476. The molecule has 8 nitrogen and oxygen atoms in total. The average molecular weight is 397 g/mol. The summed E-state index contributed by atoms with van der Waals surface area (Å²) in [5, 5.41) is 0. The van der Waals surface area contributed by atoms with Crippen molar-refractivity contribution in [1.29, 1.82) is 0 Å². The van der Waals surface area contributed by atoms with Crippen molar-refractivity contribution in [3.63, 3.8) is 0 Å². The summed E-state index contributed by atoms with van der Waals surface area (Å²) >= 11 is 0. The molecule has 0 N–H and O–H groups in total. The van der Waals surface area contributed by atoms with Crippen molar-refractivity contribution >= 4 is 17.5 Å². The molecule has 0 spiro atoms. The van der Waals surface area contributed by atoms with Crippen LogP contribution in [-0.2, 0) is 9.53 Å². The molecule has 4 rings (SSSR count). The van der Waals surface area contributed by atoms with E-state index in [0.29, 0.717) is 18.8 Å². The van der Waals surface area contributed by atoms with Crippen molar-refractivity contribution in [2.75, 3.05) is 62.3 Å². The maximum atomic E-state index is 12.7. The molecule has 29 heavy (non-hydrogen) atoms. The summed E-state index contributed by atoms with van der Waals surface area (Å²) in [6.07, 6.45) is 1.11. The van der Waals surface area contributed by atoms with E-state index in [9.17, 15) is 4.79 Å². The van der Waals surface area contributed by atoms with E-state index in [-0.39, 0.29) is 5.91 Å². The highest BCUT2D eigenvalue weighted by Crippen LogP contribution is 2.20. The molecule has 1 aromatic carbocycles. The van der Waals surface area contributed by atoms with Gasteiger partial charge in [0.25, 0.3) is 5.91 Å². The molecule has 0 unspecified atom stereocenters. The van der Waals surface area contributed by atoms with Gasteiger partial charge in [-0.3, -0.25) is 4.79 Å². The fourth-order valence-electron chi connectivity index (χ4n) is 3.64. The van der Waals surface area contributed by atoms with Crippen molar-refractivity contribution in [1.82, 2.24) is 14.9 Å². The molecule has 2 aliphatic heterocycles. The largest absolute Gasteiger partial charge is 0.481 e. The van der Waals surface area contributed by atoms with Crippen LogP contribution in [0.5, 0.6) is 5.75 Å². The second-order valence-electron chi connectivity index (χ2n) is 7.22. The minimum Gasteiger partial charge on any atom is -0.481 e. The Balaban J connectivity index is 1.32. The van der Waals surface area contributed by atoms with Gasteiger partial charge in [0.05, 0.1) is 13.2 Å². The van der Waals surface area contributed by atoms with Gasteiger partial charge in [-0.15, -0.1) is 0 Å². The second kappa shape index (κ2) is 9.09. The summed E-state index contributed by atoms with van der Waals surface area (Å²) < 4.78 is 11.2. The zero-order valence-electron chi connectivity index (χ0n) is 16.7. The topological polar surface area (TPSA) is 71.0 Å². The van der Waals surface area contributed by atoms with Crippen LogP contribution in [-0.4, -0.2) is 79.4 Å². The van der Waals surface area contributed by atoms with E-state index in [2.05, 4.69) is 19.8 Å². The number of carbonyl (C=O) groups is 1. The molecule has 1 aromatic heterocycles. The van der Waals surface area contributed by atoms with E-state index in [0.717, 1.165) is 51.0 Å². The van der Waals surface area contributed by atoms with Crippen LogP contribution in [0.4, 0.5) is 11.6 Å². The van der Waals surface area contributed by atoms with Crippen molar-refractivity contribution in [3.05, 3.63) is 42.7 Å². The number of anilines is 2. The summed E-state index contributed by atoms with van der Waals surface area (Å²) in [7, 11) is 0. The minimum atomic E-state index is -0.504. The van der Waals surface area contributed by atoms with Crippen LogP contribution in [0, 0.1) is 0 Å². The van der Waals surface area contributed by atoms with Gasteiger partial charge in [-0.05, 0) is 19.1 Å². The monoisotopic (exact) mass is 397 g/mol. The quantitative estimate of drug-likeness (QED) is 0.756. The van der Waals surface area contributed by atoms with E-state index in [4.69, 9.17) is 9.47 Å². The standard InChI is InChI=1S/C21H27N5O3/c1-17(29-18-5-3-2-4-6-18)21(27)26-9-7-24(8-10-26)19-15-20(23-16-22-19)25-11-13-28-14-12-25/h2-6,15-17H,7-14H2,1H3/t17-/m1/s1. The number of ether oxygens (including phenoxy) is 2. The van der Waals surface area contributed by atoms with E-state index in [1.54, 1.807) is 13.3 Å². The van der Waals surface area contributed by atoms with Gasteiger partial charge >= 0.3 is 0 Å². The number of piperazine rings is 1. The smallest absolute Gasteiger partial charge is 0.263 e. The van der Waals surface area contributed by atoms with Gasteiger partial charge < -0.3 is 24.2 Å². The molecule has 0 bridgehead atoms. The predicted octanol–water partition coefficient (Wildman–Crippen LogP) is 1.43. The lowest BCUT2D eigenvalue weighted by Gasteiger charge is -2.36. The van der Waals surface area contributed by atoms with Gasteiger partial charge in [-0.2, -0.15) is 0 Å². The highest BCUT2D eigenvalue weighted by molar-refractivity contribution is 5.81. The molecule has 8 heteroatoms. The third kappa shape index (κ3) is 4.76. The van der Waals surface area contributed by atoms with E-state index < -0.39 is 6.10 Å². The first-order valence-corrected chi connectivity index (χ1v) is 10.1. The molecule has 1 amide bonds. The molecule has 2 aliphatic rings. The van der Waals surface area contributed by atoms with Gasteiger partial charge in [0.15, 0.2) is 6.10 Å².